The van der Waals surface area contributed by atoms with E-state index in [0.717, 1.165) is 24.2 Å². The van der Waals surface area contributed by atoms with Crippen LogP contribution in [0, 0.1) is 0 Å². The van der Waals surface area contributed by atoms with Gasteiger partial charge in [-0.15, -0.1) is 0 Å². The third-order valence-electron chi connectivity index (χ3n) is 4.77. The molecule has 8 nitrogen and oxygen atoms in total. The van der Waals surface area contributed by atoms with Gasteiger partial charge in [0.25, 0.3) is 5.91 Å². The zero-order valence-corrected chi connectivity index (χ0v) is 18.6. The normalized spacial score (nSPS) is 14.4. The molecule has 170 valence electrons. The summed E-state index contributed by atoms with van der Waals surface area (Å²) in [6.07, 6.45) is 4.48. The van der Waals surface area contributed by atoms with Crippen molar-refractivity contribution in [2.75, 3.05) is 31.6 Å². The predicted molar refractivity (Wildman–Crippen MR) is 121 cm³/mol. The van der Waals surface area contributed by atoms with Gasteiger partial charge in [-0.3, -0.25) is 4.79 Å². The molecule has 0 unspecified atom stereocenters. The van der Waals surface area contributed by atoms with Crippen LogP contribution in [0.15, 0.2) is 59.5 Å². The molecule has 1 aliphatic rings. The van der Waals surface area contributed by atoms with E-state index in [2.05, 4.69) is 5.32 Å². The number of ether oxygens (including phenoxy) is 2. The second-order valence-corrected chi connectivity index (χ2v) is 9.07. The Labute approximate surface area is 187 Å². The van der Waals surface area contributed by atoms with Gasteiger partial charge in [0, 0.05) is 24.9 Å². The van der Waals surface area contributed by atoms with Crippen LogP contribution in [-0.4, -0.2) is 50.9 Å². The molecule has 0 radical (unpaired) electrons. The maximum Gasteiger partial charge on any atom is 0.331 e. The Hall–Kier alpha value is -3.17. The predicted octanol–water partition coefficient (Wildman–Crippen LogP) is 3.06. The monoisotopic (exact) mass is 458 g/mol. The van der Waals surface area contributed by atoms with Crippen LogP contribution >= 0.6 is 0 Å². The first-order valence-corrected chi connectivity index (χ1v) is 11.8. The lowest BCUT2D eigenvalue weighted by Gasteiger charge is -2.16. The van der Waals surface area contributed by atoms with Crippen molar-refractivity contribution in [1.82, 2.24) is 4.31 Å². The molecule has 3 rings (SSSR count). The quantitative estimate of drug-likeness (QED) is 0.458. The molecule has 2 aromatic carbocycles. The van der Waals surface area contributed by atoms with E-state index < -0.39 is 28.5 Å². The largest absolute Gasteiger partial charge is 0.494 e. The lowest BCUT2D eigenvalue weighted by Crippen LogP contribution is -2.28. The summed E-state index contributed by atoms with van der Waals surface area (Å²) in [6.45, 7) is 2.98. The van der Waals surface area contributed by atoms with E-state index in [9.17, 15) is 18.0 Å². The van der Waals surface area contributed by atoms with Crippen molar-refractivity contribution in [1.29, 1.82) is 0 Å². The van der Waals surface area contributed by atoms with E-state index >= 15 is 0 Å². The molecule has 0 aliphatic carbocycles. The van der Waals surface area contributed by atoms with Crippen LogP contribution in [0.25, 0.3) is 6.08 Å². The van der Waals surface area contributed by atoms with Gasteiger partial charge in [-0.2, -0.15) is 4.31 Å². The van der Waals surface area contributed by atoms with Gasteiger partial charge in [-0.25, -0.2) is 13.2 Å². The van der Waals surface area contributed by atoms with Crippen molar-refractivity contribution in [2.45, 2.75) is 24.7 Å². The Morgan fingerprint density at radius 1 is 1.09 bits per heavy atom. The van der Waals surface area contributed by atoms with Crippen LogP contribution in [0.3, 0.4) is 0 Å². The number of esters is 1. The van der Waals surface area contributed by atoms with Crippen molar-refractivity contribution in [2.24, 2.45) is 0 Å². The molecule has 32 heavy (non-hydrogen) atoms. The van der Waals surface area contributed by atoms with Crippen molar-refractivity contribution >= 4 is 33.7 Å². The smallest absolute Gasteiger partial charge is 0.331 e. The molecule has 0 spiro atoms. The fraction of sp³-hybridized carbons (Fsp3) is 0.304. The van der Waals surface area contributed by atoms with Crippen LogP contribution < -0.4 is 10.1 Å². The van der Waals surface area contributed by atoms with Gasteiger partial charge in [0.05, 0.1) is 11.5 Å². The number of nitrogens with zero attached hydrogens (tertiary/aromatic N) is 1. The molecule has 1 N–H and O–H groups in total. The molecule has 0 aromatic heterocycles. The number of anilines is 1. The zero-order chi connectivity index (χ0) is 23.0. The number of hydrogen-bond donors (Lipinski definition) is 1. The molecule has 0 saturated carbocycles. The first kappa shape index (κ1) is 23.5. The van der Waals surface area contributed by atoms with Crippen molar-refractivity contribution in [3.63, 3.8) is 0 Å². The first-order chi connectivity index (χ1) is 15.4. The summed E-state index contributed by atoms with van der Waals surface area (Å²) >= 11 is 0. The van der Waals surface area contributed by atoms with Gasteiger partial charge in [0.1, 0.15) is 5.75 Å². The molecule has 1 aliphatic heterocycles. The Morgan fingerprint density at radius 3 is 2.50 bits per heavy atom. The molecular formula is C23H26N2O6S. The van der Waals surface area contributed by atoms with Crippen LogP contribution in [0.5, 0.6) is 5.75 Å². The minimum Gasteiger partial charge on any atom is -0.494 e. The van der Waals surface area contributed by atoms with E-state index in [1.54, 1.807) is 42.5 Å². The highest BCUT2D eigenvalue weighted by Crippen LogP contribution is 2.23. The number of benzene rings is 2. The number of amides is 1. The van der Waals surface area contributed by atoms with Crippen LogP contribution in [0.1, 0.15) is 25.3 Å². The summed E-state index contributed by atoms with van der Waals surface area (Å²) in [7, 11) is -3.58. The summed E-state index contributed by atoms with van der Waals surface area (Å²) in [4.78, 5) is 24.1. The zero-order valence-electron chi connectivity index (χ0n) is 17.8. The molecule has 0 bridgehead atoms. The van der Waals surface area contributed by atoms with Gasteiger partial charge in [-0.1, -0.05) is 18.2 Å². The fourth-order valence-electron chi connectivity index (χ4n) is 3.20. The highest BCUT2D eigenvalue weighted by molar-refractivity contribution is 7.89. The van der Waals surface area contributed by atoms with Gasteiger partial charge < -0.3 is 14.8 Å². The number of carbonyl (C=O) groups excluding carboxylic acids is 2. The van der Waals surface area contributed by atoms with Gasteiger partial charge in [-0.05, 0) is 61.7 Å². The minimum absolute atomic E-state index is 0.118. The maximum absolute atomic E-state index is 12.7. The van der Waals surface area contributed by atoms with Gasteiger partial charge >= 0.3 is 5.97 Å². The second kappa shape index (κ2) is 10.9. The van der Waals surface area contributed by atoms with Crippen molar-refractivity contribution < 1.29 is 27.5 Å². The lowest BCUT2D eigenvalue weighted by atomic mass is 10.2. The molecule has 0 atom stereocenters. The molecule has 1 fully saturated rings. The summed E-state index contributed by atoms with van der Waals surface area (Å²) in [5, 5.41) is 2.56. The number of rotatable bonds is 9. The van der Waals surface area contributed by atoms with Gasteiger partial charge in [0.2, 0.25) is 10.0 Å². The first-order valence-electron chi connectivity index (χ1n) is 10.4. The summed E-state index contributed by atoms with van der Waals surface area (Å²) in [5.74, 6) is -0.496. The average molecular weight is 459 g/mol. The second-order valence-electron chi connectivity index (χ2n) is 7.13. The average Bonchev–Trinajstić information content (AvgIpc) is 3.34. The van der Waals surface area contributed by atoms with Gasteiger partial charge in [0.15, 0.2) is 6.61 Å². The Morgan fingerprint density at radius 2 is 1.81 bits per heavy atom. The standard InChI is InChI=1S/C23H26N2O6S/c1-2-30-20-11-8-18(9-12-20)10-13-23(27)31-17-22(26)24-19-6-5-7-21(16-19)32(28,29)25-14-3-4-15-25/h5-13,16H,2-4,14-15,17H2,1H3,(H,24,26)/b13-10+. The third-order valence-corrected chi connectivity index (χ3v) is 6.66. The van der Waals surface area contributed by atoms with Crippen LogP contribution in [0.4, 0.5) is 5.69 Å². The molecule has 1 saturated heterocycles. The molecule has 9 heteroatoms. The molecule has 1 amide bonds. The van der Waals surface area contributed by atoms with E-state index in [-0.39, 0.29) is 4.90 Å². The summed E-state index contributed by atoms with van der Waals surface area (Å²) < 4.78 is 37.1. The van der Waals surface area contributed by atoms with Crippen molar-refractivity contribution in [3.8, 4) is 5.75 Å². The lowest BCUT2D eigenvalue weighted by molar-refractivity contribution is -0.142. The van der Waals surface area contributed by atoms with E-state index in [1.165, 1.54) is 22.5 Å². The summed E-state index contributed by atoms with van der Waals surface area (Å²) in [5.41, 5.74) is 1.10. The fourth-order valence-corrected chi connectivity index (χ4v) is 4.76. The van der Waals surface area contributed by atoms with Crippen LogP contribution in [-0.2, 0) is 24.3 Å². The minimum atomic E-state index is -3.58. The Kier molecular flexibility index (Phi) is 8.02. The van der Waals surface area contributed by atoms with Crippen molar-refractivity contribution in [3.05, 3.63) is 60.2 Å². The van der Waals surface area contributed by atoms with E-state index in [4.69, 9.17) is 9.47 Å². The number of hydrogen-bond acceptors (Lipinski definition) is 6. The topological polar surface area (TPSA) is 102 Å². The molecule has 2 aromatic rings. The number of carbonyl (C=O) groups is 2. The molecular weight excluding hydrogens is 432 g/mol. The van der Waals surface area contributed by atoms with E-state index in [1.807, 2.05) is 6.92 Å². The van der Waals surface area contributed by atoms with Crippen LogP contribution in [0.2, 0.25) is 0 Å². The SMILES string of the molecule is CCOc1ccc(/C=C/C(=O)OCC(=O)Nc2cccc(S(=O)(=O)N3CCCC3)c2)cc1. The number of sulfonamides is 1. The highest BCUT2D eigenvalue weighted by Gasteiger charge is 2.27. The molecule has 1 heterocycles. The third kappa shape index (κ3) is 6.41. The highest BCUT2D eigenvalue weighted by atomic mass is 32.2. The Bertz CT molecular complexity index is 1070. The number of nitrogens with one attached hydrogen (secondary N) is 1. The van der Waals surface area contributed by atoms with E-state index in [0.29, 0.717) is 25.4 Å². The summed E-state index contributed by atoms with van der Waals surface area (Å²) in [6, 6.07) is 13.2. The Balaban J connectivity index is 1.50. The maximum atomic E-state index is 12.7.